The lowest BCUT2D eigenvalue weighted by atomic mass is 9.92. The van der Waals surface area contributed by atoms with Crippen LogP contribution in [0.25, 0.3) is 0 Å². The topological polar surface area (TPSA) is 32.3 Å². The van der Waals surface area contributed by atoms with Gasteiger partial charge >= 0.3 is 0 Å². The number of carbonyl (C=O) groups is 1. The summed E-state index contributed by atoms with van der Waals surface area (Å²) >= 11 is 0. The summed E-state index contributed by atoms with van der Waals surface area (Å²) in [5.41, 5.74) is 1.84. The number of hydrogen-bond acceptors (Lipinski definition) is 2. The molecule has 19 heavy (non-hydrogen) atoms. The van der Waals surface area contributed by atoms with Gasteiger partial charge in [-0.1, -0.05) is 19.8 Å². The van der Waals surface area contributed by atoms with Crippen molar-refractivity contribution in [1.29, 1.82) is 0 Å². The molecule has 3 heteroatoms. The van der Waals surface area contributed by atoms with Crippen LogP contribution in [-0.2, 0) is 0 Å². The van der Waals surface area contributed by atoms with Gasteiger partial charge in [0.15, 0.2) is 0 Å². The van der Waals surface area contributed by atoms with Gasteiger partial charge in [-0.3, -0.25) is 4.79 Å². The molecule has 0 unspecified atom stereocenters. The second kappa shape index (κ2) is 6.60. The molecule has 1 heterocycles. The molecule has 1 amide bonds. The number of hydrogen-bond donors (Lipinski definition) is 1. The van der Waals surface area contributed by atoms with Gasteiger partial charge in [0, 0.05) is 31.4 Å². The first kappa shape index (κ1) is 13.9. The predicted octanol–water partition coefficient (Wildman–Crippen LogP) is 3.38. The Labute approximate surface area is 116 Å². The quantitative estimate of drug-likeness (QED) is 0.900. The van der Waals surface area contributed by atoms with Crippen LogP contribution >= 0.6 is 0 Å². The van der Waals surface area contributed by atoms with E-state index in [9.17, 15) is 4.79 Å². The fourth-order valence-corrected chi connectivity index (χ4v) is 2.80. The van der Waals surface area contributed by atoms with Gasteiger partial charge in [0.25, 0.3) is 5.91 Å². The molecular weight excluding hydrogens is 236 g/mol. The monoisotopic (exact) mass is 260 g/mol. The van der Waals surface area contributed by atoms with E-state index < -0.39 is 0 Å². The summed E-state index contributed by atoms with van der Waals surface area (Å²) in [4.78, 5) is 14.4. The minimum atomic E-state index is 0.178. The van der Waals surface area contributed by atoms with Gasteiger partial charge in [-0.25, -0.2) is 0 Å². The van der Waals surface area contributed by atoms with E-state index in [4.69, 9.17) is 0 Å². The Kier molecular flexibility index (Phi) is 4.83. The van der Waals surface area contributed by atoms with Crippen LogP contribution in [0.3, 0.4) is 0 Å². The van der Waals surface area contributed by atoms with E-state index in [1.54, 1.807) is 0 Å². The van der Waals surface area contributed by atoms with E-state index in [2.05, 4.69) is 12.2 Å². The van der Waals surface area contributed by atoms with Crippen LogP contribution in [0.2, 0.25) is 0 Å². The number of amides is 1. The highest BCUT2D eigenvalue weighted by Crippen LogP contribution is 2.23. The molecule has 0 spiro atoms. The molecule has 0 aliphatic carbocycles. The first-order valence-corrected chi connectivity index (χ1v) is 7.31. The molecule has 1 fully saturated rings. The number of nitrogens with zero attached hydrogens (tertiary/aromatic N) is 1. The van der Waals surface area contributed by atoms with Gasteiger partial charge in [0.2, 0.25) is 0 Å². The Morgan fingerprint density at radius 3 is 2.42 bits per heavy atom. The maximum atomic E-state index is 12.4. The smallest absolute Gasteiger partial charge is 0.253 e. The third-order valence-electron chi connectivity index (χ3n) is 4.02. The van der Waals surface area contributed by atoms with E-state index in [0.29, 0.717) is 0 Å². The zero-order valence-corrected chi connectivity index (χ0v) is 12.0. The minimum Gasteiger partial charge on any atom is -0.388 e. The number of piperidine rings is 1. The second-order valence-corrected chi connectivity index (χ2v) is 5.35. The number of anilines is 1. The molecule has 0 saturated carbocycles. The lowest BCUT2D eigenvalue weighted by Gasteiger charge is -2.32. The summed E-state index contributed by atoms with van der Waals surface area (Å²) < 4.78 is 0. The second-order valence-electron chi connectivity index (χ2n) is 5.35. The lowest BCUT2D eigenvalue weighted by molar-refractivity contribution is 0.0686. The van der Waals surface area contributed by atoms with Crippen molar-refractivity contribution in [2.24, 2.45) is 5.92 Å². The van der Waals surface area contributed by atoms with E-state index in [0.717, 1.165) is 43.1 Å². The largest absolute Gasteiger partial charge is 0.388 e. The van der Waals surface area contributed by atoms with Crippen LogP contribution in [0.1, 0.15) is 43.0 Å². The third kappa shape index (κ3) is 3.49. The van der Waals surface area contributed by atoms with E-state index >= 15 is 0 Å². The van der Waals surface area contributed by atoms with Crippen LogP contribution < -0.4 is 5.32 Å². The third-order valence-corrected chi connectivity index (χ3v) is 4.02. The highest BCUT2D eigenvalue weighted by atomic mass is 16.2. The van der Waals surface area contributed by atoms with Gasteiger partial charge in [-0.15, -0.1) is 0 Å². The SMILES string of the molecule is CCCC1CCN(C(=O)c2ccc(NC)cc2)CC1. The Hall–Kier alpha value is -1.51. The number of benzene rings is 1. The average molecular weight is 260 g/mol. The molecule has 0 aromatic heterocycles. The average Bonchev–Trinajstić information content (AvgIpc) is 2.48. The highest BCUT2D eigenvalue weighted by molar-refractivity contribution is 5.94. The van der Waals surface area contributed by atoms with E-state index in [-0.39, 0.29) is 5.91 Å². The number of likely N-dealkylation sites (tertiary alicyclic amines) is 1. The fraction of sp³-hybridized carbons (Fsp3) is 0.562. The van der Waals surface area contributed by atoms with Crippen molar-refractivity contribution in [2.45, 2.75) is 32.6 Å². The summed E-state index contributed by atoms with van der Waals surface area (Å²) in [6, 6.07) is 7.73. The zero-order valence-electron chi connectivity index (χ0n) is 12.0. The number of carbonyl (C=O) groups excluding carboxylic acids is 1. The van der Waals surface area contributed by atoms with Crippen LogP contribution in [0.4, 0.5) is 5.69 Å². The van der Waals surface area contributed by atoms with Crippen molar-refractivity contribution in [3.05, 3.63) is 29.8 Å². The summed E-state index contributed by atoms with van der Waals surface area (Å²) in [5, 5.41) is 3.07. The van der Waals surface area contributed by atoms with Crippen molar-refractivity contribution in [3.63, 3.8) is 0 Å². The Morgan fingerprint density at radius 1 is 1.26 bits per heavy atom. The van der Waals surface area contributed by atoms with Crippen molar-refractivity contribution >= 4 is 11.6 Å². The molecule has 1 aliphatic rings. The maximum absolute atomic E-state index is 12.4. The number of nitrogens with one attached hydrogen (secondary N) is 1. The molecule has 1 aromatic carbocycles. The van der Waals surface area contributed by atoms with Crippen LogP contribution in [0.15, 0.2) is 24.3 Å². The molecule has 1 N–H and O–H groups in total. The first-order valence-electron chi connectivity index (χ1n) is 7.31. The molecule has 0 radical (unpaired) electrons. The molecule has 0 atom stereocenters. The number of rotatable bonds is 4. The Bertz CT molecular complexity index is 405. The molecule has 1 saturated heterocycles. The van der Waals surface area contributed by atoms with Gasteiger partial charge in [-0.05, 0) is 43.0 Å². The zero-order chi connectivity index (χ0) is 13.7. The molecule has 3 nitrogen and oxygen atoms in total. The Morgan fingerprint density at radius 2 is 1.89 bits per heavy atom. The van der Waals surface area contributed by atoms with Crippen molar-refractivity contribution < 1.29 is 4.79 Å². The maximum Gasteiger partial charge on any atom is 0.253 e. The van der Waals surface area contributed by atoms with Crippen molar-refractivity contribution in [3.8, 4) is 0 Å². The van der Waals surface area contributed by atoms with Crippen molar-refractivity contribution in [2.75, 3.05) is 25.5 Å². The van der Waals surface area contributed by atoms with Crippen LogP contribution in [0, 0.1) is 5.92 Å². The van der Waals surface area contributed by atoms with Gasteiger partial charge < -0.3 is 10.2 Å². The van der Waals surface area contributed by atoms with E-state index in [1.165, 1.54) is 12.8 Å². The molecule has 104 valence electrons. The summed E-state index contributed by atoms with van der Waals surface area (Å²) in [6.45, 7) is 4.06. The van der Waals surface area contributed by atoms with E-state index in [1.807, 2.05) is 36.2 Å². The molecule has 2 rings (SSSR count). The van der Waals surface area contributed by atoms with Crippen LogP contribution in [0.5, 0.6) is 0 Å². The van der Waals surface area contributed by atoms with Gasteiger partial charge in [0.05, 0.1) is 0 Å². The normalized spacial score (nSPS) is 16.4. The molecular formula is C16H24N2O. The van der Waals surface area contributed by atoms with Crippen LogP contribution in [-0.4, -0.2) is 30.9 Å². The van der Waals surface area contributed by atoms with Gasteiger partial charge in [-0.2, -0.15) is 0 Å². The summed E-state index contributed by atoms with van der Waals surface area (Å²) in [6.07, 6.45) is 4.88. The minimum absolute atomic E-state index is 0.178. The fourth-order valence-electron chi connectivity index (χ4n) is 2.80. The Balaban J connectivity index is 1.93. The van der Waals surface area contributed by atoms with Gasteiger partial charge in [0.1, 0.15) is 0 Å². The van der Waals surface area contributed by atoms with Crippen molar-refractivity contribution in [1.82, 2.24) is 4.90 Å². The summed E-state index contributed by atoms with van der Waals surface area (Å²) in [5.74, 6) is 0.998. The molecule has 1 aromatic rings. The standard InChI is InChI=1S/C16H24N2O/c1-3-4-13-9-11-18(12-10-13)16(19)14-5-7-15(17-2)8-6-14/h5-8,13,17H,3-4,9-12H2,1-2H3. The summed E-state index contributed by atoms with van der Waals surface area (Å²) in [7, 11) is 1.88. The molecule has 1 aliphatic heterocycles. The predicted molar refractivity (Wildman–Crippen MR) is 79.5 cm³/mol. The highest BCUT2D eigenvalue weighted by Gasteiger charge is 2.22. The molecule has 0 bridgehead atoms. The lowest BCUT2D eigenvalue weighted by Crippen LogP contribution is -2.38. The first-order chi connectivity index (χ1) is 9.24.